The monoisotopic (exact) mass is 250 g/mol. The summed E-state index contributed by atoms with van der Waals surface area (Å²) >= 11 is 0. The molecule has 0 aromatic rings. The van der Waals surface area contributed by atoms with Crippen LogP contribution in [-0.2, 0) is 10.2 Å². The van der Waals surface area contributed by atoms with Crippen LogP contribution in [0.5, 0.6) is 0 Å². The zero-order valence-corrected chi connectivity index (χ0v) is 11.1. The number of hydrogen-bond donors (Lipinski definition) is 1. The summed E-state index contributed by atoms with van der Waals surface area (Å²) in [5, 5.41) is 9.44. The van der Waals surface area contributed by atoms with Gasteiger partial charge in [0.05, 0.1) is 6.10 Å². The van der Waals surface area contributed by atoms with E-state index in [2.05, 4.69) is 0 Å². The Bertz CT molecular complexity index is 308. The molecule has 1 N–H and O–H groups in total. The van der Waals surface area contributed by atoms with Crippen molar-refractivity contribution in [2.75, 3.05) is 26.7 Å². The minimum Gasteiger partial charge on any atom is -0.393 e. The van der Waals surface area contributed by atoms with Crippen molar-refractivity contribution in [1.29, 1.82) is 0 Å². The van der Waals surface area contributed by atoms with Gasteiger partial charge in [-0.15, -0.1) is 0 Å². The van der Waals surface area contributed by atoms with Gasteiger partial charge in [-0.2, -0.15) is 17.0 Å². The number of rotatable bonds is 4. The summed E-state index contributed by atoms with van der Waals surface area (Å²) in [5.41, 5.74) is 0. The molecule has 1 saturated heterocycles. The maximum atomic E-state index is 12.0. The minimum absolute atomic E-state index is 0.235. The Hall–Kier alpha value is -0.170. The Kier molecular flexibility index (Phi) is 4.73. The van der Waals surface area contributed by atoms with Gasteiger partial charge in [-0.25, -0.2) is 0 Å². The van der Waals surface area contributed by atoms with E-state index in [-0.39, 0.29) is 12.0 Å². The van der Waals surface area contributed by atoms with Gasteiger partial charge >= 0.3 is 0 Å². The Morgan fingerprint density at radius 2 is 1.94 bits per heavy atom. The van der Waals surface area contributed by atoms with Crippen LogP contribution in [0.1, 0.15) is 26.7 Å². The summed E-state index contributed by atoms with van der Waals surface area (Å²) in [7, 11) is -1.68. The summed E-state index contributed by atoms with van der Waals surface area (Å²) in [6.45, 7) is 5.11. The van der Waals surface area contributed by atoms with E-state index in [0.29, 0.717) is 19.6 Å². The van der Waals surface area contributed by atoms with Crippen molar-refractivity contribution in [1.82, 2.24) is 8.61 Å². The Morgan fingerprint density at radius 3 is 2.31 bits per heavy atom. The number of aliphatic hydroxyl groups is 1. The molecule has 96 valence electrons. The molecule has 1 rings (SSSR count). The maximum Gasteiger partial charge on any atom is 0.281 e. The molecule has 1 aliphatic rings. The lowest BCUT2D eigenvalue weighted by molar-refractivity contribution is 0.0900. The highest BCUT2D eigenvalue weighted by atomic mass is 32.2. The zero-order valence-electron chi connectivity index (χ0n) is 10.3. The molecule has 1 atom stereocenters. The quantitative estimate of drug-likeness (QED) is 0.779. The Labute approximate surface area is 98.2 Å². The van der Waals surface area contributed by atoms with E-state index in [1.807, 2.05) is 6.92 Å². The van der Waals surface area contributed by atoms with Gasteiger partial charge in [0.15, 0.2) is 0 Å². The first-order chi connectivity index (χ1) is 7.39. The highest BCUT2D eigenvalue weighted by molar-refractivity contribution is 7.86. The van der Waals surface area contributed by atoms with E-state index < -0.39 is 10.2 Å². The largest absolute Gasteiger partial charge is 0.393 e. The van der Waals surface area contributed by atoms with Crippen molar-refractivity contribution in [3.8, 4) is 0 Å². The van der Waals surface area contributed by atoms with Gasteiger partial charge in [0.2, 0.25) is 0 Å². The van der Waals surface area contributed by atoms with Gasteiger partial charge in [0, 0.05) is 26.7 Å². The fourth-order valence-corrected chi connectivity index (χ4v) is 3.34. The second kappa shape index (κ2) is 5.44. The van der Waals surface area contributed by atoms with Crippen LogP contribution in [0.4, 0.5) is 0 Å². The molecule has 6 heteroatoms. The van der Waals surface area contributed by atoms with Crippen LogP contribution >= 0.6 is 0 Å². The highest BCUT2D eigenvalue weighted by Crippen LogP contribution is 2.23. The molecule has 0 amide bonds. The van der Waals surface area contributed by atoms with E-state index >= 15 is 0 Å². The van der Waals surface area contributed by atoms with Gasteiger partial charge < -0.3 is 5.11 Å². The molecule has 5 nitrogen and oxygen atoms in total. The second-order valence-electron chi connectivity index (χ2n) is 4.40. The van der Waals surface area contributed by atoms with Crippen LogP contribution in [0, 0.1) is 5.92 Å². The molecule has 16 heavy (non-hydrogen) atoms. The van der Waals surface area contributed by atoms with Crippen LogP contribution in [0.3, 0.4) is 0 Å². The molecular weight excluding hydrogens is 228 g/mol. The third-order valence-corrected chi connectivity index (χ3v) is 5.41. The topological polar surface area (TPSA) is 60.9 Å². The summed E-state index contributed by atoms with van der Waals surface area (Å²) in [5.74, 6) is 0.235. The number of aliphatic hydroxyl groups excluding tert-OH is 1. The lowest BCUT2D eigenvalue weighted by Crippen LogP contribution is -2.46. The molecule has 1 unspecified atom stereocenters. The van der Waals surface area contributed by atoms with E-state index in [1.54, 1.807) is 14.0 Å². The SMILES string of the molecule is CCN(C)S(=O)(=O)N1CCC(C(C)O)CC1. The van der Waals surface area contributed by atoms with Crippen molar-refractivity contribution in [2.24, 2.45) is 5.92 Å². The van der Waals surface area contributed by atoms with E-state index in [4.69, 9.17) is 0 Å². The van der Waals surface area contributed by atoms with Crippen LogP contribution < -0.4 is 0 Å². The molecule has 0 aromatic carbocycles. The molecular formula is C10H22N2O3S. The number of nitrogens with zero attached hydrogens (tertiary/aromatic N) is 2. The Morgan fingerprint density at radius 1 is 1.44 bits per heavy atom. The molecule has 1 aliphatic heterocycles. The van der Waals surface area contributed by atoms with Crippen molar-refractivity contribution in [2.45, 2.75) is 32.8 Å². The van der Waals surface area contributed by atoms with Crippen molar-refractivity contribution >= 4 is 10.2 Å². The maximum absolute atomic E-state index is 12.0. The molecule has 0 radical (unpaired) electrons. The average molecular weight is 250 g/mol. The van der Waals surface area contributed by atoms with Gasteiger partial charge in [-0.3, -0.25) is 0 Å². The van der Waals surface area contributed by atoms with Crippen LogP contribution in [0.15, 0.2) is 0 Å². The van der Waals surface area contributed by atoms with Gasteiger partial charge in [-0.05, 0) is 25.7 Å². The lowest BCUT2D eigenvalue weighted by atomic mass is 9.93. The van der Waals surface area contributed by atoms with E-state index in [1.165, 1.54) is 8.61 Å². The summed E-state index contributed by atoms with van der Waals surface area (Å²) < 4.78 is 26.8. The second-order valence-corrected chi connectivity index (χ2v) is 6.43. The van der Waals surface area contributed by atoms with Crippen molar-refractivity contribution in [3.05, 3.63) is 0 Å². The number of piperidine rings is 1. The fourth-order valence-electron chi connectivity index (χ4n) is 1.95. The van der Waals surface area contributed by atoms with Crippen LogP contribution in [-0.4, -0.2) is 54.9 Å². The summed E-state index contributed by atoms with van der Waals surface area (Å²) in [4.78, 5) is 0. The molecule has 1 heterocycles. The predicted molar refractivity (Wildman–Crippen MR) is 63.2 cm³/mol. The third kappa shape index (κ3) is 2.94. The molecule has 0 saturated carbocycles. The predicted octanol–water partition coefficient (Wildman–Crippen LogP) is 0.276. The molecule has 0 aromatic heterocycles. The number of hydrogen-bond acceptors (Lipinski definition) is 3. The minimum atomic E-state index is -3.28. The fraction of sp³-hybridized carbons (Fsp3) is 1.00. The first-order valence-electron chi connectivity index (χ1n) is 5.79. The van der Waals surface area contributed by atoms with E-state index in [9.17, 15) is 13.5 Å². The lowest BCUT2D eigenvalue weighted by Gasteiger charge is -2.34. The Balaban J connectivity index is 2.60. The zero-order chi connectivity index (χ0) is 12.3. The molecule has 0 spiro atoms. The molecule has 0 bridgehead atoms. The van der Waals surface area contributed by atoms with Crippen molar-refractivity contribution < 1.29 is 13.5 Å². The third-order valence-electron chi connectivity index (χ3n) is 3.35. The van der Waals surface area contributed by atoms with Gasteiger partial charge in [0.25, 0.3) is 10.2 Å². The molecule has 1 fully saturated rings. The van der Waals surface area contributed by atoms with E-state index in [0.717, 1.165) is 12.8 Å². The highest BCUT2D eigenvalue weighted by Gasteiger charge is 2.31. The smallest absolute Gasteiger partial charge is 0.281 e. The van der Waals surface area contributed by atoms with Crippen LogP contribution in [0.2, 0.25) is 0 Å². The van der Waals surface area contributed by atoms with Crippen molar-refractivity contribution in [3.63, 3.8) is 0 Å². The van der Waals surface area contributed by atoms with Gasteiger partial charge in [0.1, 0.15) is 0 Å². The first-order valence-corrected chi connectivity index (χ1v) is 7.18. The summed E-state index contributed by atoms with van der Waals surface area (Å²) in [6.07, 6.45) is 1.15. The average Bonchev–Trinajstić information content (AvgIpc) is 2.28. The normalized spacial score (nSPS) is 22.6. The van der Waals surface area contributed by atoms with Crippen LogP contribution in [0.25, 0.3) is 0 Å². The first kappa shape index (κ1) is 13.9. The molecule has 0 aliphatic carbocycles. The van der Waals surface area contributed by atoms with Gasteiger partial charge in [-0.1, -0.05) is 6.92 Å². The standard InChI is InChI=1S/C10H22N2O3S/c1-4-11(3)16(14,15)12-7-5-10(6-8-12)9(2)13/h9-10,13H,4-8H2,1-3H3. The summed E-state index contributed by atoms with van der Waals surface area (Å²) in [6, 6.07) is 0.